The molecule has 0 unspecified atom stereocenters. The number of carbonyl (C=O) groups excluding carboxylic acids is 1. The van der Waals surface area contributed by atoms with Gasteiger partial charge in [0.05, 0.1) is 15.7 Å². The molecule has 0 aliphatic carbocycles. The van der Waals surface area contributed by atoms with Gasteiger partial charge in [0.15, 0.2) is 5.65 Å². The lowest BCUT2D eigenvalue weighted by Gasteiger charge is -2.36. The van der Waals surface area contributed by atoms with Gasteiger partial charge in [0, 0.05) is 38.9 Å². The van der Waals surface area contributed by atoms with E-state index in [9.17, 15) is 4.79 Å². The fourth-order valence-corrected chi connectivity index (χ4v) is 4.21. The molecule has 2 amide bonds. The van der Waals surface area contributed by atoms with Gasteiger partial charge in [-0.25, -0.2) is 9.31 Å². The first kappa shape index (κ1) is 21.7. The van der Waals surface area contributed by atoms with Gasteiger partial charge in [-0.15, -0.1) is 5.10 Å². The summed E-state index contributed by atoms with van der Waals surface area (Å²) < 4.78 is 1.64. The van der Waals surface area contributed by atoms with E-state index >= 15 is 0 Å². The van der Waals surface area contributed by atoms with Crippen LogP contribution in [-0.2, 0) is 0 Å². The summed E-state index contributed by atoms with van der Waals surface area (Å²) in [5, 5.41) is 5.55. The summed E-state index contributed by atoms with van der Waals surface area (Å²) in [6.45, 7) is 5.16. The number of benzene rings is 1. The lowest BCUT2D eigenvalue weighted by molar-refractivity contribution is 0.249. The van der Waals surface area contributed by atoms with E-state index in [1.54, 1.807) is 16.8 Å². The first-order valence-electron chi connectivity index (χ1n) is 10.3. The Hall–Kier alpha value is -2.55. The molecule has 0 bridgehead atoms. The standard InChI is InChI=1S/C21H25Cl2N7O/c22-16-6-5-7-17(19(16)23)28-14-12-27(13-15-28)9-3-4-10-29(20(24)31)21-25-18-8-1-2-11-30(18)26-21/h1-2,5-8,11H,3-4,9-10,12-15H2,(H2,24,31). The SMILES string of the molecule is NC(=O)N(CCCCN1CCN(c2cccc(Cl)c2Cl)CC1)c1nc2ccccn2n1. The van der Waals surface area contributed by atoms with E-state index in [0.29, 0.717) is 28.2 Å². The van der Waals surface area contributed by atoms with Crippen molar-refractivity contribution >= 4 is 46.5 Å². The normalized spacial score (nSPS) is 14.8. The highest BCUT2D eigenvalue weighted by molar-refractivity contribution is 6.43. The Morgan fingerprint density at radius 1 is 1.06 bits per heavy atom. The van der Waals surface area contributed by atoms with E-state index in [1.807, 2.05) is 30.3 Å². The molecule has 3 aromatic rings. The highest BCUT2D eigenvalue weighted by Gasteiger charge is 2.20. The molecule has 1 aliphatic heterocycles. The Kier molecular flexibility index (Phi) is 6.80. The minimum absolute atomic E-state index is 0.339. The van der Waals surface area contributed by atoms with Crippen LogP contribution in [0.4, 0.5) is 16.4 Å². The van der Waals surface area contributed by atoms with Crippen LogP contribution < -0.4 is 15.5 Å². The molecule has 1 saturated heterocycles. The second-order valence-electron chi connectivity index (χ2n) is 7.51. The van der Waals surface area contributed by atoms with Gasteiger partial charge < -0.3 is 10.6 Å². The number of nitrogens with zero attached hydrogens (tertiary/aromatic N) is 6. The van der Waals surface area contributed by atoms with Crippen LogP contribution in [0.25, 0.3) is 5.65 Å². The monoisotopic (exact) mass is 461 g/mol. The Bertz CT molecular complexity index is 1020. The molecule has 2 N–H and O–H groups in total. The number of piperazine rings is 1. The number of fused-ring (bicyclic) bond motifs is 1. The number of hydrogen-bond acceptors (Lipinski definition) is 5. The van der Waals surface area contributed by atoms with E-state index in [4.69, 9.17) is 28.9 Å². The molecule has 2 aromatic heterocycles. The Labute approximate surface area is 191 Å². The number of rotatable bonds is 7. The van der Waals surface area contributed by atoms with Crippen molar-refractivity contribution in [2.24, 2.45) is 5.73 Å². The van der Waals surface area contributed by atoms with Gasteiger partial charge >= 0.3 is 6.03 Å². The molecular weight excluding hydrogens is 437 g/mol. The van der Waals surface area contributed by atoms with Gasteiger partial charge in [0.1, 0.15) is 0 Å². The smallest absolute Gasteiger partial charge is 0.321 e. The topological polar surface area (TPSA) is 83.0 Å². The number of nitrogens with two attached hydrogens (primary N) is 1. The predicted molar refractivity (Wildman–Crippen MR) is 124 cm³/mol. The molecule has 4 rings (SSSR count). The number of carbonyl (C=O) groups is 1. The van der Waals surface area contributed by atoms with Crippen LogP contribution in [0.15, 0.2) is 42.6 Å². The molecule has 164 valence electrons. The van der Waals surface area contributed by atoms with Crippen LogP contribution in [0.3, 0.4) is 0 Å². The number of halogens is 2. The third-order valence-electron chi connectivity index (χ3n) is 5.49. The highest BCUT2D eigenvalue weighted by Crippen LogP contribution is 2.32. The van der Waals surface area contributed by atoms with E-state index in [-0.39, 0.29) is 0 Å². The molecule has 0 spiro atoms. The number of pyridine rings is 1. The molecule has 1 aliphatic rings. The lowest BCUT2D eigenvalue weighted by atomic mass is 10.2. The zero-order valence-corrected chi connectivity index (χ0v) is 18.6. The minimum Gasteiger partial charge on any atom is -0.368 e. The maximum Gasteiger partial charge on any atom is 0.321 e. The number of aromatic nitrogens is 3. The highest BCUT2D eigenvalue weighted by atomic mass is 35.5. The van der Waals surface area contributed by atoms with Crippen molar-refractivity contribution in [2.45, 2.75) is 12.8 Å². The molecule has 8 nitrogen and oxygen atoms in total. The third kappa shape index (κ3) is 5.03. The summed E-state index contributed by atoms with van der Waals surface area (Å²) >= 11 is 12.5. The molecule has 0 atom stereocenters. The molecule has 1 aromatic carbocycles. The molecule has 10 heteroatoms. The van der Waals surface area contributed by atoms with Crippen LogP contribution in [0.2, 0.25) is 10.0 Å². The zero-order chi connectivity index (χ0) is 21.8. The predicted octanol–water partition coefficient (Wildman–Crippen LogP) is 3.52. The zero-order valence-electron chi connectivity index (χ0n) is 17.1. The summed E-state index contributed by atoms with van der Waals surface area (Å²) in [6.07, 6.45) is 3.56. The van der Waals surface area contributed by atoms with Crippen molar-refractivity contribution in [3.05, 3.63) is 52.6 Å². The molecule has 0 saturated carbocycles. The van der Waals surface area contributed by atoms with Crippen LogP contribution in [0.5, 0.6) is 0 Å². The van der Waals surface area contributed by atoms with Crippen molar-refractivity contribution < 1.29 is 4.79 Å². The summed E-state index contributed by atoms with van der Waals surface area (Å²) in [5.41, 5.74) is 7.24. The Morgan fingerprint density at radius 3 is 2.61 bits per heavy atom. The maximum absolute atomic E-state index is 11.9. The van der Waals surface area contributed by atoms with Crippen molar-refractivity contribution in [3.63, 3.8) is 0 Å². The largest absolute Gasteiger partial charge is 0.368 e. The molecular formula is C21H25Cl2N7O. The first-order valence-corrected chi connectivity index (χ1v) is 11.1. The second kappa shape index (κ2) is 9.72. The van der Waals surface area contributed by atoms with Gasteiger partial charge in [-0.1, -0.05) is 35.3 Å². The quantitative estimate of drug-likeness (QED) is 0.544. The average Bonchev–Trinajstić information content (AvgIpc) is 3.19. The van der Waals surface area contributed by atoms with Crippen LogP contribution in [0, 0.1) is 0 Å². The van der Waals surface area contributed by atoms with Crippen LogP contribution in [-0.4, -0.2) is 64.8 Å². The molecule has 31 heavy (non-hydrogen) atoms. The summed E-state index contributed by atoms with van der Waals surface area (Å²) in [5.74, 6) is 0.339. The summed E-state index contributed by atoms with van der Waals surface area (Å²) in [6, 6.07) is 10.8. The van der Waals surface area contributed by atoms with Gasteiger partial charge in [0.25, 0.3) is 5.95 Å². The van der Waals surface area contributed by atoms with Gasteiger partial charge in [-0.2, -0.15) is 4.98 Å². The summed E-state index contributed by atoms with van der Waals surface area (Å²) in [4.78, 5) is 22.4. The number of amides is 2. The van der Waals surface area contributed by atoms with Crippen LogP contribution in [0.1, 0.15) is 12.8 Å². The number of anilines is 2. The lowest BCUT2D eigenvalue weighted by Crippen LogP contribution is -2.46. The number of primary amides is 1. The first-order chi connectivity index (χ1) is 15.0. The maximum atomic E-state index is 11.9. The van der Waals surface area contributed by atoms with Gasteiger partial charge in [-0.3, -0.25) is 9.80 Å². The third-order valence-corrected chi connectivity index (χ3v) is 6.30. The average molecular weight is 462 g/mol. The number of unbranched alkanes of at least 4 members (excludes halogenated alkanes) is 1. The van der Waals surface area contributed by atoms with Crippen molar-refractivity contribution in [1.29, 1.82) is 0 Å². The molecule has 0 radical (unpaired) electrons. The van der Waals surface area contributed by atoms with E-state index < -0.39 is 6.03 Å². The van der Waals surface area contributed by atoms with E-state index in [2.05, 4.69) is 19.9 Å². The Morgan fingerprint density at radius 2 is 1.87 bits per heavy atom. The van der Waals surface area contributed by atoms with Crippen LogP contribution >= 0.6 is 23.2 Å². The fraction of sp³-hybridized carbons (Fsp3) is 0.381. The van der Waals surface area contributed by atoms with Gasteiger partial charge in [0.2, 0.25) is 0 Å². The van der Waals surface area contributed by atoms with E-state index in [1.165, 1.54) is 4.90 Å². The second-order valence-corrected chi connectivity index (χ2v) is 8.30. The molecule has 3 heterocycles. The van der Waals surface area contributed by atoms with E-state index in [0.717, 1.165) is 51.3 Å². The fourth-order valence-electron chi connectivity index (χ4n) is 3.80. The Balaban J connectivity index is 1.25. The summed E-state index contributed by atoms with van der Waals surface area (Å²) in [7, 11) is 0. The number of hydrogen-bond donors (Lipinski definition) is 1. The van der Waals surface area contributed by atoms with Crippen molar-refractivity contribution in [1.82, 2.24) is 19.5 Å². The minimum atomic E-state index is -0.539. The van der Waals surface area contributed by atoms with Gasteiger partial charge in [-0.05, 0) is 43.7 Å². The van der Waals surface area contributed by atoms with Crippen molar-refractivity contribution in [2.75, 3.05) is 49.1 Å². The van der Waals surface area contributed by atoms with Crippen molar-refractivity contribution in [3.8, 4) is 0 Å². The number of urea groups is 1. The molecule has 1 fully saturated rings.